The molecule has 0 saturated heterocycles. The molecule has 0 aliphatic carbocycles. The Hall–Kier alpha value is -0.772. The van der Waals surface area contributed by atoms with E-state index in [1.54, 1.807) is 24.3 Å². The van der Waals surface area contributed by atoms with Gasteiger partial charge < -0.3 is 21.7 Å². The predicted octanol–water partition coefficient (Wildman–Crippen LogP) is 5.36. The number of hydrogen-bond acceptors (Lipinski definition) is 2. The Bertz CT molecular complexity index is 488. The van der Waals surface area contributed by atoms with E-state index in [9.17, 15) is 10.2 Å². The summed E-state index contributed by atoms with van der Waals surface area (Å²) in [7, 11) is 9.75. The van der Waals surface area contributed by atoms with Crippen LogP contribution in [-0.2, 0) is 16.5 Å². The maximum Gasteiger partial charge on any atom is 0.115 e. The van der Waals surface area contributed by atoms with E-state index >= 15 is 0 Å². The summed E-state index contributed by atoms with van der Waals surface area (Å²) in [5.41, 5.74) is 17.5. The number of aromatic hydroxyl groups is 2. The zero-order valence-corrected chi connectivity index (χ0v) is 14.5. The number of nitrogens with one attached hydrogen (secondary N) is 2. The predicted molar refractivity (Wildman–Crippen MR) is 82.0 cm³/mol. The maximum atomic E-state index is 9.19. The molecule has 116 valence electrons. The zero-order chi connectivity index (χ0) is 15.8. The van der Waals surface area contributed by atoms with Gasteiger partial charge in [-0.15, -0.1) is 12.1 Å². The van der Waals surface area contributed by atoms with Gasteiger partial charge in [-0.25, -0.2) is 0 Å². The number of hydrogen-bond donors (Lipinski definition) is 2. The summed E-state index contributed by atoms with van der Waals surface area (Å²) in [5, 5.41) is 18.4. The van der Waals surface area contributed by atoms with E-state index in [-0.39, 0.29) is 11.5 Å². The molecule has 0 radical (unpaired) electrons. The van der Waals surface area contributed by atoms with Crippen LogP contribution >= 0.6 is 18.8 Å². The van der Waals surface area contributed by atoms with Crippen molar-refractivity contribution < 1.29 is 26.7 Å². The molecule has 0 saturated carbocycles. The zero-order valence-electron chi connectivity index (χ0n) is 10.7. The van der Waals surface area contributed by atoms with E-state index in [1.165, 1.54) is 24.3 Å². The molecule has 0 aliphatic heterocycles. The molecule has 4 nitrogen and oxygen atoms in total. The topological polar surface area (TPSA) is 88.1 Å². The second-order valence-corrected chi connectivity index (χ2v) is 7.47. The van der Waals surface area contributed by atoms with Crippen molar-refractivity contribution in [2.75, 3.05) is 0 Å². The van der Waals surface area contributed by atoms with E-state index < -0.39 is 28.6 Å². The largest absolute Gasteiger partial charge is 0.672 e. The third-order valence-electron chi connectivity index (χ3n) is 2.84. The quantitative estimate of drug-likeness (QED) is 0.585. The molecule has 0 spiro atoms. The van der Waals surface area contributed by atoms with Crippen molar-refractivity contribution in [1.82, 2.24) is 0 Å². The van der Waals surface area contributed by atoms with E-state index in [1.807, 2.05) is 0 Å². The second-order valence-electron chi connectivity index (χ2n) is 4.18. The molecular formula is C14H14Cl2N2O2Pt. The van der Waals surface area contributed by atoms with Gasteiger partial charge in [0.25, 0.3) is 0 Å². The van der Waals surface area contributed by atoms with Crippen molar-refractivity contribution in [3.8, 4) is 11.5 Å². The number of phenols is 2. The number of rotatable bonds is 3. The third-order valence-corrected chi connectivity index (χ3v) is 2.84. The maximum absolute atomic E-state index is 9.19. The first-order valence-corrected chi connectivity index (χ1v) is 11.4. The molecule has 0 heterocycles. The van der Waals surface area contributed by atoms with Crippen LogP contribution in [0, 0.1) is 0 Å². The van der Waals surface area contributed by atoms with Crippen molar-refractivity contribution in [3.05, 3.63) is 71.1 Å². The smallest absolute Gasteiger partial charge is 0.115 e. The van der Waals surface area contributed by atoms with Crippen LogP contribution in [0.2, 0.25) is 0 Å². The van der Waals surface area contributed by atoms with Gasteiger partial charge in [0.2, 0.25) is 0 Å². The molecule has 0 aliphatic rings. The molecule has 2 rings (SSSR count). The van der Waals surface area contributed by atoms with Gasteiger partial charge in [0.05, 0.1) is 0 Å². The van der Waals surface area contributed by atoms with Crippen LogP contribution in [0.4, 0.5) is 0 Å². The number of halogens is 2. The Morgan fingerprint density at radius 1 is 0.714 bits per heavy atom. The summed E-state index contributed by atoms with van der Waals surface area (Å²) < 4.78 is 0. The van der Waals surface area contributed by atoms with Crippen LogP contribution in [0.25, 0.3) is 11.5 Å². The summed E-state index contributed by atoms with van der Waals surface area (Å²) in [5.74, 6) is 0.300. The first-order valence-electron chi connectivity index (χ1n) is 5.82. The fraction of sp³-hybridized carbons (Fsp3) is 0.143. The van der Waals surface area contributed by atoms with Gasteiger partial charge in [-0.2, -0.15) is 0 Å². The summed E-state index contributed by atoms with van der Waals surface area (Å²) in [6.07, 6.45) is 0. The fourth-order valence-corrected chi connectivity index (χ4v) is 1.75. The molecule has 7 heteroatoms. The molecule has 4 N–H and O–H groups in total. The van der Waals surface area contributed by atoms with E-state index in [4.69, 9.17) is 30.3 Å². The van der Waals surface area contributed by atoms with Gasteiger partial charge in [0.15, 0.2) is 0 Å². The number of phenolic OH excluding ortho intramolecular Hbond substituents is 2. The number of benzene rings is 2. The monoisotopic (exact) mass is 507 g/mol. The Kier molecular flexibility index (Phi) is 8.08. The molecule has 2 aromatic rings. The van der Waals surface area contributed by atoms with Crippen LogP contribution < -0.4 is 0 Å². The minimum absolute atomic E-state index is 0.150. The minimum atomic E-state index is -0.727. The van der Waals surface area contributed by atoms with Gasteiger partial charge in [0.1, 0.15) is 11.5 Å². The van der Waals surface area contributed by atoms with Crippen molar-refractivity contribution in [2.45, 2.75) is 12.1 Å². The fourth-order valence-electron chi connectivity index (χ4n) is 1.75. The summed E-state index contributed by atoms with van der Waals surface area (Å²) in [4.78, 5) is 0. The Balaban J connectivity index is 0.000000677. The van der Waals surface area contributed by atoms with Crippen LogP contribution in [0.5, 0.6) is 11.5 Å². The molecule has 0 aromatic heterocycles. The van der Waals surface area contributed by atoms with E-state index in [0.717, 1.165) is 0 Å². The van der Waals surface area contributed by atoms with Crippen LogP contribution in [-0.4, -0.2) is 10.2 Å². The molecule has 2 atom stereocenters. The Morgan fingerprint density at radius 2 is 0.952 bits per heavy atom. The normalized spacial score (nSPS) is 13.1. The minimum Gasteiger partial charge on any atom is -0.672 e. The second kappa shape index (κ2) is 9.29. The average molecular weight is 508 g/mol. The van der Waals surface area contributed by atoms with Crippen molar-refractivity contribution in [1.29, 1.82) is 0 Å². The first kappa shape index (κ1) is 18.3. The first-order chi connectivity index (χ1) is 9.99. The molecular weight excluding hydrogens is 494 g/mol. The molecule has 21 heavy (non-hydrogen) atoms. The summed E-state index contributed by atoms with van der Waals surface area (Å²) in [6, 6.07) is 11.2. The van der Waals surface area contributed by atoms with Crippen LogP contribution in [0.1, 0.15) is 23.2 Å². The summed E-state index contributed by atoms with van der Waals surface area (Å²) >= 11 is -0.472. The van der Waals surface area contributed by atoms with Gasteiger partial charge in [-0.3, -0.25) is 0 Å². The Morgan fingerprint density at radius 3 is 1.19 bits per heavy atom. The van der Waals surface area contributed by atoms with Crippen LogP contribution in [0.3, 0.4) is 0 Å². The van der Waals surface area contributed by atoms with E-state index in [2.05, 4.69) is 0 Å². The molecule has 0 bridgehead atoms. The van der Waals surface area contributed by atoms with Crippen LogP contribution in [0.15, 0.2) is 48.5 Å². The van der Waals surface area contributed by atoms with Gasteiger partial charge >= 0.3 is 35.3 Å². The van der Waals surface area contributed by atoms with Crippen molar-refractivity contribution in [3.63, 3.8) is 0 Å². The average Bonchev–Trinajstić information content (AvgIpc) is 2.48. The van der Waals surface area contributed by atoms with Gasteiger partial charge in [-0.05, 0) is 24.3 Å². The Labute approximate surface area is 140 Å². The SMILES string of the molecule is [Cl][Pt+2][Cl].[NH-]C(c1ccc(O)cc1)C([NH-])c1ccc(O)cc1. The molecule has 2 aromatic carbocycles. The van der Waals surface area contributed by atoms with E-state index in [0.29, 0.717) is 11.1 Å². The molecule has 0 amide bonds. The van der Waals surface area contributed by atoms with Gasteiger partial charge in [-0.1, -0.05) is 35.4 Å². The third kappa shape index (κ3) is 5.85. The standard InChI is InChI=1S/C14H14N2O2.2ClH.Pt/c15-13(9-1-5-11(17)6-2-9)14(16)10-3-7-12(18)8-4-10;;;/h1-8,13-18H;2*1H;/q-2;;;+4/p-2. The summed E-state index contributed by atoms with van der Waals surface area (Å²) in [6.45, 7) is 0. The van der Waals surface area contributed by atoms with Gasteiger partial charge in [0, 0.05) is 0 Å². The van der Waals surface area contributed by atoms with Crippen molar-refractivity contribution >= 4 is 18.8 Å². The van der Waals surface area contributed by atoms with Crippen molar-refractivity contribution in [2.24, 2.45) is 0 Å². The molecule has 2 unspecified atom stereocenters. The molecule has 0 fully saturated rings.